The molecule has 1 aromatic carbocycles. The molecule has 0 bridgehead atoms. The number of carboxylic acid groups (broad SMARTS) is 1. The van der Waals surface area contributed by atoms with Crippen molar-refractivity contribution >= 4 is 34.6 Å². The van der Waals surface area contributed by atoms with Gasteiger partial charge in [-0.2, -0.15) is 0 Å². The molecule has 11 heteroatoms. The van der Waals surface area contributed by atoms with Crippen molar-refractivity contribution in [2.45, 2.75) is 44.8 Å². The standard InChI is InChI=1S/C22H31N5O6/c1-12(2)7-18(22(32)33)26-19(29)10-25-21(31)17(27-20(30)15(23)11-28)8-13-9-24-16-6-4-3-5-14(13)16/h3-6,9,12,15,17-18,24,28H,7-8,10-11,23H2,1-2H3,(H,25,31)(H,26,29)(H,27,30)(H,32,33). The molecule has 180 valence electrons. The Morgan fingerprint density at radius 2 is 1.76 bits per heavy atom. The maximum absolute atomic E-state index is 12.8. The summed E-state index contributed by atoms with van der Waals surface area (Å²) in [5.41, 5.74) is 7.17. The van der Waals surface area contributed by atoms with Crippen LogP contribution in [0.3, 0.4) is 0 Å². The van der Waals surface area contributed by atoms with Crippen molar-refractivity contribution in [2.75, 3.05) is 13.2 Å². The van der Waals surface area contributed by atoms with Crippen molar-refractivity contribution < 1.29 is 29.4 Å². The largest absolute Gasteiger partial charge is 0.480 e. The first-order valence-electron chi connectivity index (χ1n) is 10.6. The monoisotopic (exact) mass is 461 g/mol. The second-order valence-corrected chi connectivity index (χ2v) is 8.22. The van der Waals surface area contributed by atoms with Crippen LogP contribution in [-0.4, -0.2) is 70.2 Å². The van der Waals surface area contributed by atoms with Crippen LogP contribution in [0.5, 0.6) is 0 Å². The zero-order valence-corrected chi connectivity index (χ0v) is 18.6. The van der Waals surface area contributed by atoms with E-state index in [1.807, 2.05) is 38.1 Å². The lowest BCUT2D eigenvalue weighted by molar-refractivity contribution is -0.142. The number of hydrogen-bond acceptors (Lipinski definition) is 6. The molecule has 0 aliphatic carbocycles. The molecule has 0 saturated heterocycles. The number of H-pyrrole nitrogens is 1. The molecule has 3 atom stereocenters. The first-order chi connectivity index (χ1) is 15.6. The van der Waals surface area contributed by atoms with E-state index in [0.29, 0.717) is 0 Å². The minimum atomic E-state index is -1.21. The van der Waals surface area contributed by atoms with E-state index in [9.17, 15) is 24.3 Å². The Morgan fingerprint density at radius 1 is 1.06 bits per heavy atom. The van der Waals surface area contributed by atoms with Crippen molar-refractivity contribution in [1.82, 2.24) is 20.9 Å². The zero-order valence-electron chi connectivity index (χ0n) is 18.6. The number of aliphatic carboxylic acids is 1. The Kier molecular flexibility index (Phi) is 9.37. The van der Waals surface area contributed by atoms with Crippen molar-refractivity contribution in [2.24, 2.45) is 11.7 Å². The predicted octanol–water partition coefficient (Wildman–Crippen LogP) is -0.753. The Bertz CT molecular complexity index is 989. The van der Waals surface area contributed by atoms with E-state index < -0.39 is 55.0 Å². The number of para-hydroxylation sites is 1. The predicted molar refractivity (Wildman–Crippen MR) is 121 cm³/mol. The van der Waals surface area contributed by atoms with Gasteiger partial charge in [0.2, 0.25) is 17.7 Å². The molecule has 1 heterocycles. The van der Waals surface area contributed by atoms with Gasteiger partial charge in [-0.1, -0.05) is 32.0 Å². The highest BCUT2D eigenvalue weighted by molar-refractivity contribution is 5.93. The molecule has 1 aromatic heterocycles. The minimum absolute atomic E-state index is 0.0486. The van der Waals surface area contributed by atoms with Gasteiger partial charge in [-0.25, -0.2) is 4.79 Å². The van der Waals surface area contributed by atoms with Gasteiger partial charge in [0.15, 0.2) is 0 Å². The Balaban J connectivity index is 2.08. The quantitative estimate of drug-likeness (QED) is 0.216. The molecule has 33 heavy (non-hydrogen) atoms. The van der Waals surface area contributed by atoms with E-state index in [4.69, 9.17) is 10.8 Å². The van der Waals surface area contributed by atoms with Gasteiger partial charge in [0.05, 0.1) is 13.2 Å². The fraction of sp³-hybridized carbons (Fsp3) is 0.455. The Hall–Kier alpha value is -3.44. The second-order valence-electron chi connectivity index (χ2n) is 8.22. The van der Waals surface area contributed by atoms with Crippen LogP contribution in [0.15, 0.2) is 30.5 Å². The van der Waals surface area contributed by atoms with Crippen LogP contribution in [0.4, 0.5) is 0 Å². The Labute approximate surface area is 191 Å². The number of aromatic nitrogens is 1. The summed E-state index contributed by atoms with van der Waals surface area (Å²) < 4.78 is 0. The first kappa shape index (κ1) is 25.8. The maximum atomic E-state index is 12.8. The van der Waals surface area contributed by atoms with Gasteiger partial charge in [-0.15, -0.1) is 0 Å². The highest BCUT2D eigenvalue weighted by atomic mass is 16.4. The summed E-state index contributed by atoms with van der Waals surface area (Å²) in [7, 11) is 0. The average Bonchev–Trinajstić information content (AvgIpc) is 3.18. The summed E-state index contributed by atoms with van der Waals surface area (Å²) in [6.07, 6.45) is 2.07. The lowest BCUT2D eigenvalue weighted by Gasteiger charge is -2.21. The number of carbonyl (C=O) groups excluding carboxylic acids is 3. The number of aliphatic hydroxyl groups is 1. The summed E-state index contributed by atoms with van der Waals surface area (Å²) in [5, 5.41) is 26.6. The summed E-state index contributed by atoms with van der Waals surface area (Å²) in [6, 6.07) is 4.08. The van der Waals surface area contributed by atoms with Crippen LogP contribution in [-0.2, 0) is 25.6 Å². The fourth-order valence-corrected chi connectivity index (χ4v) is 3.32. The molecular weight excluding hydrogens is 430 g/mol. The van der Waals surface area contributed by atoms with Crippen molar-refractivity contribution in [3.63, 3.8) is 0 Å². The molecule has 2 aromatic rings. The van der Waals surface area contributed by atoms with E-state index in [1.165, 1.54) is 0 Å². The van der Waals surface area contributed by atoms with Crippen molar-refractivity contribution in [3.05, 3.63) is 36.0 Å². The summed E-state index contributed by atoms with van der Waals surface area (Å²) in [5.74, 6) is -3.14. The molecule has 3 amide bonds. The highest BCUT2D eigenvalue weighted by Crippen LogP contribution is 2.19. The third kappa shape index (κ3) is 7.58. The van der Waals surface area contributed by atoms with Crippen LogP contribution < -0.4 is 21.7 Å². The molecule has 0 aliphatic heterocycles. The second kappa shape index (κ2) is 12.0. The number of aromatic amines is 1. The van der Waals surface area contributed by atoms with Gasteiger partial charge in [-0.3, -0.25) is 14.4 Å². The molecule has 0 spiro atoms. The average molecular weight is 462 g/mol. The fourth-order valence-electron chi connectivity index (χ4n) is 3.32. The van der Waals surface area contributed by atoms with Crippen molar-refractivity contribution in [3.8, 4) is 0 Å². The number of amides is 3. The SMILES string of the molecule is CC(C)CC(NC(=O)CNC(=O)C(Cc1c[nH]c2ccccc12)NC(=O)C(N)CO)C(=O)O. The van der Waals surface area contributed by atoms with Crippen LogP contribution >= 0.6 is 0 Å². The summed E-state index contributed by atoms with van der Waals surface area (Å²) in [6.45, 7) is 2.60. The van der Waals surface area contributed by atoms with Crippen LogP contribution in [0.2, 0.25) is 0 Å². The number of carboxylic acids is 1. The molecule has 8 N–H and O–H groups in total. The number of aliphatic hydroxyl groups excluding tert-OH is 1. The van der Waals surface area contributed by atoms with Crippen molar-refractivity contribution in [1.29, 1.82) is 0 Å². The minimum Gasteiger partial charge on any atom is -0.480 e. The molecule has 2 rings (SSSR count). The molecule has 0 saturated carbocycles. The lowest BCUT2D eigenvalue weighted by atomic mass is 10.0. The first-order valence-corrected chi connectivity index (χ1v) is 10.6. The molecular formula is C22H31N5O6. The van der Waals surface area contributed by atoms with Gasteiger partial charge in [0, 0.05) is 23.5 Å². The van der Waals surface area contributed by atoms with Gasteiger partial charge in [0.1, 0.15) is 18.1 Å². The van der Waals surface area contributed by atoms with E-state index in [0.717, 1.165) is 16.5 Å². The number of benzene rings is 1. The lowest BCUT2D eigenvalue weighted by Crippen LogP contribution is -2.54. The highest BCUT2D eigenvalue weighted by Gasteiger charge is 2.26. The number of nitrogens with two attached hydrogens (primary N) is 1. The van der Waals surface area contributed by atoms with E-state index in [2.05, 4.69) is 20.9 Å². The molecule has 3 unspecified atom stereocenters. The topological polar surface area (TPSA) is 187 Å². The molecule has 0 aliphatic rings. The van der Waals surface area contributed by atoms with E-state index in [-0.39, 0.29) is 18.8 Å². The normalized spacial score (nSPS) is 13.8. The Morgan fingerprint density at radius 3 is 2.39 bits per heavy atom. The van der Waals surface area contributed by atoms with Crippen LogP contribution in [0.1, 0.15) is 25.8 Å². The van der Waals surface area contributed by atoms with Crippen LogP contribution in [0.25, 0.3) is 10.9 Å². The number of rotatable bonds is 12. The molecule has 0 fully saturated rings. The van der Waals surface area contributed by atoms with Gasteiger partial charge < -0.3 is 36.9 Å². The number of carbonyl (C=O) groups is 4. The van der Waals surface area contributed by atoms with Gasteiger partial charge in [-0.05, 0) is 24.0 Å². The summed E-state index contributed by atoms with van der Waals surface area (Å²) in [4.78, 5) is 51.7. The summed E-state index contributed by atoms with van der Waals surface area (Å²) >= 11 is 0. The smallest absolute Gasteiger partial charge is 0.326 e. The molecule has 0 radical (unpaired) electrons. The van der Waals surface area contributed by atoms with Gasteiger partial charge >= 0.3 is 5.97 Å². The number of nitrogens with one attached hydrogen (secondary N) is 4. The van der Waals surface area contributed by atoms with Crippen LogP contribution in [0, 0.1) is 5.92 Å². The third-order valence-electron chi connectivity index (χ3n) is 5.03. The number of hydrogen-bond donors (Lipinski definition) is 7. The number of fused-ring (bicyclic) bond motifs is 1. The van der Waals surface area contributed by atoms with E-state index >= 15 is 0 Å². The zero-order chi connectivity index (χ0) is 24.5. The van der Waals surface area contributed by atoms with Gasteiger partial charge in [0.25, 0.3) is 0 Å². The van der Waals surface area contributed by atoms with E-state index in [1.54, 1.807) is 6.20 Å². The third-order valence-corrected chi connectivity index (χ3v) is 5.03. The molecule has 11 nitrogen and oxygen atoms in total. The maximum Gasteiger partial charge on any atom is 0.326 e.